The van der Waals surface area contributed by atoms with Crippen molar-refractivity contribution in [2.75, 3.05) is 18.2 Å². The standard InChI is InChI=1S/C15H12BrN3O2/c1-21-14-7-10(16)2-4-12(14)15(20)19-13-5-3-11(18)6-9(13)8-17/h2-7H,18H2,1H3,(H,19,20). The first-order valence-electron chi connectivity index (χ1n) is 5.99. The average molecular weight is 346 g/mol. The molecule has 0 heterocycles. The second kappa shape index (κ2) is 6.29. The van der Waals surface area contributed by atoms with E-state index in [-0.39, 0.29) is 5.91 Å². The highest BCUT2D eigenvalue weighted by molar-refractivity contribution is 9.10. The lowest BCUT2D eigenvalue weighted by Crippen LogP contribution is -2.14. The van der Waals surface area contributed by atoms with Gasteiger partial charge in [0.1, 0.15) is 11.8 Å². The van der Waals surface area contributed by atoms with E-state index in [9.17, 15) is 4.79 Å². The summed E-state index contributed by atoms with van der Waals surface area (Å²) in [7, 11) is 1.49. The monoisotopic (exact) mass is 345 g/mol. The number of carbonyl (C=O) groups is 1. The zero-order valence-corrected chi connectivity index (χ0v) is 12.8. The van der Waals surface area contributed by atoms with Crippen molar-refractivity contribution >= 4 is 33.2 Å². The van der Waals surface area contributed by atoms with Gasteiger partial charge in [0.15, 0.2) is 0 Å². The number of amides is 1. The van der Waals surface area contributed by atoms with Crippen LogP contribution < -0.4 is 15.8 Å². The number of rotatable bonds is 3. The van der Waals surface area contributed by atoms with Crippen molar-refractivity contribution in [3.8, 4) is 11.8 Å². The van der Waals surface area contributed by atoms with E-state index < -0.39 is 0 Å². The number of nitrogen functional groups attached to an aromatic ring is 1. The van der Waals surface area contributed by atoms with Crippen molar-refractivity contribution in [1.82, 2.24) is 0 Å². The molecule has 0 aromatic heterocycles. The molecule has 5 nitrogen and oxygen atoms in total. The summed E-state index contributed by atoms with van der Waals surface area (Å²) in [5.41, 5.74) is 7.17. The third-order valence-corrected chi connectivity index (χ3v) is 3.31. The summed E-state index contributed by atoms with van der Waals surface area (Å²) >= 11 is 3.32. The van der Waals surface area contributed by atoms with E-state index in [1.54, 1.807) is 30.3 Å². The Hall–Kier alpha value is -2.52. The Kier molecular flexibility index (Phi) is 4.45. The predicted molar refractivity (Wildman–Crippen MR) is 84.2 cm³/mol. The van der Waals surface area contributed by atoms with Gasteiger partial charge < -0.3 is 15.8 Å². The number of nitriles is 1. The van der Waals surface area contributed by atoms with Gasteiger partial charge >= 0.3 is 0 Å². The molecule has 2 rings (SSSR count). The molecule has 0 atom stereocenters. The van der Waals surface area contributed by atoms with Gasteiger partial charge in [-0.2, -0.15) is 5.26 Å². The highest BCUT2D eigenvalue weighted by atomic mass is 79.9. The molecular formula is C15H12BrN3O2. The Labute approximate surface area is 130 Å². The molecule has 0 unspecified atom stereocenters. The van der Waals surface area contributed by atoms with Crippen molar-refractivity contribution in [1.29, 1.82) is 5.26 Å². The summed E-state index contributed by atoms with van der Waals surface area (Å²) in [5.74, 6) is 0.0800. The largest absolute Gasteiger partial charge is 0.496 e. The zero-order valence-electron chi connectivity index (χ0n) is 11.2. The van der Waals surface area contributed by atoms with Gasteiger partial charge in [-0.3, -0.25) is 4.79 Å². The lowest BCUT2D eigenvalue weighted by Gasteiger charge is -2.11. The van der Waals surface area contributed by atoms with E-state index in [0.29, 0.717) is 28.3 Å². The highest BCUT2D eigenvalue weighted by Gasteiger charge is 2.14. The Morgan fingerprint density at radius 3 is 2.76 bits per heavy atom. The maximum absolute atomic E-state index is 12.3. The summed E-state index contributed by atoms with van der Waals surface area (Å²) in [5, 5.41) is 11.8. The van der Waals surface area contributed by atoms with Crippen molar-refractivity contribution in [3.63, 3.8) is 0 Å². The first-order chi connectivity index (χ1) is 10.0. The number of nitrogens with zero attached hydrogens (tertiary/aromatic N) is 1. The number of anilines is 2. The van der Waals surface area contributed by atoms with Crippen molar-refractivity contribution < 1.29 is 9.53 Å². The first kappa shape index (κ1) is 14.9. The first-order valence-corrected chi connectivity index (χ1v) is 6.79. The van der Waals surface area contributed by atoms with Gasteiger partial charge in [-0.1, -0.05) is 15.9 Å². The van der Waals surface area contributed by atoms with Crippen LogP contribution in [0.25, 0.3) is 0 Å². The number of nitrogens with two attached hydrogens (primary N) is 1. The van der Waals surface area contributed by atoms with Crippen molar-refractivity contribution in [3.05, 3.63) is 52.0 Å². The molecule has 0 bridgehead atoms. The van der Waals surface area contributed by atoms with Crippen LogP contribution in [-0.4, -0.2) is 13.0 Å². The van der Waals surface area contributed by atoms with Crippen molar-refractivity contribution in [2.45, 2.75) is 0 Å². The maximum Gasteiger partial charge on any atom is 0.259 e. The zero-order chi connectivity index (χ0) is 15.4. The van der Waals surface area contributed by atoms with Gasteiger partial charge in [0.25, 0.3) is 5.91 Å². The number of nitrogens with one attached hydrogen (secondary N) is 1. The van der Waals surface area contributed by atoms with Crippen LogP contribution in [0, 0.1) is 11.3 Å². The average Bonchev–Trinajstić information content (AvgIpc) is 2.48. The van der Waals surface area contributed by atoms with Gasteiger partial charge in [-0.25, -0.2) is 0 Å². The molecule has 2 aromatic carbocycles. The summed E-state index contributed by atoms with van der Waals surface area (Å²) in [6.07, 6.45) is 0. The topological polar surface area (TPSA) is 88.1 Å². The number of ether oxygens (including phenoxy) is 1. The fourth-order valence-corrected chi connectivity index (χ4v) is 2.15. The lowest BCUT2D eigenvalue weighted by atomic mass is 10.1. The van der Waals surface area contributed by atoms with E-state index in [0.717, 1.165) is 4.47 Å². The van der Waals surface area contributed by atoms with Gasteiger partial charge in [0, 0.05) is 10.2 Å². The summed E-state index contributed by atoms with van der Waals surface area (Å²) in [6.45, 7) is 0. The molecular weight excluding hydrogens is 334 g/mol. The fraction of sp³-hybridized carbons (Fsp3) is 0.0667. The van der Waals surface area contributed by atoms with Gasteiger partial charge in [-0.05, 0) is 36.4 Å². The second-order valence-electron chi connectivity index (χ2n) is 4.22. The number of hydrogen-bond donors (Lipinski definition) is 2. The molecule has 3 N–H and O–H groups in total. The number of methoxy groups -OCH3 is 1. The van der Waals surface area contributed by atoms with Crippen LogP contribution in [0.4, 0.5) is 11.4 Å². The lowest BCUT2D eigenvalue weighted by molar-refractivity contribution is 0.102. The molecule has 0 saturated heterocycles. The van der Waals surface area contributed by atoms with E-state index >= 15 is 0 Å². The summed E-state index contributed by atoms with van der Waals surface area (Å²) in [4.78, 5) is 12.3. The number of hydrogen-bond acceptors (Lipinski definition) is 4. The number of carbonyl (C=O) groups excluding carboxylic acids is 1. The smallest absolute Gasteiger partial charge is 0.259 e. The van der Waals surface area contributed by atoms with Crippen LogP contribution in [0.5, 0.6) is 5.75 Å². The van der Waals surface area contributed by atoms with Gasteiger partial charge in [-0.15, -0.1) is 0 Å². The minimum absolute atomic E-state index is 0.305. The molecule has 21 heavy (non-hydrogen) atoms. The SMILES string of the molecule is COc1cc(Br)ccc1C(=O)Nc1ccc(N)cc1C#N. The maximum atomic E-state index is 12.3. The Morgan fingerprint density at radius 2 is 2.10 bits per heavy atom. The minimum atomic E-state index is -0.361. The van der Waals surface area contributed by atoms with E-state index in [1.807, 2.05) is 6.07 Å². The number of halogens is 1. The molecule has 0 radical (unpaired) electrons. The van der Waals surface area contributed by atoms with Crippen molar-refractivity contribution in [2.24, 2.45) is 0 Å². The second-order valence-corrected chi connectivity index (χ2v) is 5.13. The molecule has 0 aliphatic heterocycles. The van der Waals surface area contributed by atoms with Crippen LogP contribution in [0.1, 0.15) is 15.9 Å². The van der Waals surface area contributed by atoms with Gasteiger partial charge in [0.05, 0.1) is 23.9 Å². The minimum Gasteiger partial charge on any atom is -0.496 e. The third kappa shape index (κ3) is 3.33. The molecule has 0 aliphatic rings. The van der Waals surface area contributed by atoms with Crippen LogP contribution in [-0.2, 0) is 0 Å². The van der Waals surface area contributed by atoms with E-state index in [2.05, 4.69) is 21.2 Å². The van der Waals surface area contributed by atoms with Crippen LogP contribution in [0.2, 0.25) is 0 Å². The highest BCUT2D eigenvalue weighted by Crippen LogP contribution is 2.25. The molecule has 1 amide bonds. The fourth-order valence-electron chi connectivity index (χ4n) is 1.81. The summed E-state index contributed by atoms with van der Waals surface area (Å²) in [6, 6.07) is 11.8. The Morgan fingerprint density at radius 1 is 1.33 bits per heavy atom. The third-order valence-electron chi connectivity index (χ3n) is 2.82. The van der Waals surface area contributed by atoms with Crippen LogP contribution in [0.3, 0.4) is 0 Å². The Balaban J connectivity index is 2.33. The molecule has 106 valence electrons. The summed E-state index contributed by atoms with van der Waals surface area (Å²) < 4.78 is 5.99. The molecule has 0 fully saturated rings. The van der Waals surface area contributed by atoms with Crippen LogP contribution >= 0.6 is 15.9 Å². The molecule has 0 spiro atoms. The molecule has 6 heteroatoms. The number of benzene rings is 2. The normalized spacial score (nSPS) is 9.76. The van der Waals surface area contributed by atoms with E-state index in [4.69, 9.17) is 15.7 Å². The molecule has 2 aromatic rings. The van der Waals surface area contributed by atoms with E-state index in [1.165, 1.54) is 13.2 Å². The Bertz CT molecular complexity index is 738. The quantitative estimate of drug-likeness (QED) is 0.836. The molecule has 0 aliphatic carbocycles. The molecule has 0 saturated carbocycles. The van der Waals surface area contributed by atoms with Crippen LogP contribution in [0.15, 0.2) is 40.9 Å². The predicted octanol–water partition coefficient (Wildman–Crippen LogP) is 3.16. The van der Waals surface area contributed by atoms with Gasteiger partial charge in [0.2, 0.25) is 0 Å².